The quantitative estimate of drug-likeness (QED) is 0.0848. The van der Waals surface area contributed by atoms with Gasteiger partial charge in [-0.05, 0) is 30.7 Å². The molecule has 38 heavy (non-hydrogen) atoms. The summed E-state index contributed by atoms with van der Waals surface area (Å²) >= 11 is 0. The molecule has 0 saturated heterocycles. The van der Waals surface area contributed by atoms with Crippen molar-refractivity contribution >= 4 is 5.69 Å². The molecule has 0 heterocycles. The van der Waals surface area contributed by atoms with Gasteiger partial charge < -0.3 is 34.2 Å². The van der Waals surface area contributed by atoms with Gasteiger partial charge in [0, 0.05) is 12.3 Å². The average Bonchev–Trinajstić information content (AvgIpc) is 2.93. The lowest BCUT2D eigenvalue weighted by Crippen LogP contribution is -2.14. The van der Waals surface area contributed by atoms with E-state index in [0.29, 0.717) is 66.1 Å². The third kappa shape index (κ3) is 24.9. The van der Waals surface area contributed by atoms with E-state index in [9.17, 15) is 0 Å². The zero-order chi connectivity index (χ0) is 27.2. The topological polar surface area (TPSA) is 81.4 Å². The molecule has 0 saturated carbocycles. The van der Waals surface area contributed by atoms with Gasteiger partial charge in [-0.2, -0.15) is 0 Å². The van der Waals surface area contributed by atoms with Crippen molar-refractivity contribution in [2.75, 3.05) is 78.4 Å². The van der Waals surface area contributed by atoms with Gasteiger partial charge in [-0.25, -0.2) is 0 Å². The Hall–Kier alpha value is -1.38. The Balaban J connectivity index is 1.64. The predicted octanol–water partition coefficient (Wildman–Crippen LogP) is 6.82. The van der Waals surface area contributed by atoms with E-state index in [2.05, 4.69) is 6.92 Å². The van der Waals surface area contributed by atoms with E-state index >= 15 is 0 Å². The van der Waals surface area contributed by atoms with Gasteiger partial charge >= 0.3 is 0 Å². The molecule has 0 aromatic heterocycles. The molecule has 0 bridgehead atoms. The molecule has 0 radical (unpaired) electrons. The molecule has 7 heteroatoms. The minimum absolute atomic E-state index is 0.498. The minimum atomic E-state index is 0.498. The van der Waals surface area contributed by atoms with Crippen molar-refractivity contribution in [3.8, 4) is 5.75 Å². The molecule has 7 nitrogen and oxygen atoms in total. The van der Waals surface area contributed by atoms with E-state index in [4.69, 9.17) is 34.2 Å². The smallest absolute Gasteiger partial charge is 0.119 e. The largest absolute Gasteiger partial charge is 0.491 e. The number of nitrogen functional groups attached to an aromatic ring is 1. The van der Waals surface area contributed by atoms with Gasteiger partial charge in [0.25, 0.3) is 0 Å². The van der Waals surface area contributed by atoms with E-state index < -0.39 is 0 Å². The van der Waals surface area contributed by atoms with Crippen LogP contribution < -0.4 is 10.5 Å². The molecule has 1 rings (SSSR count). The summed E-state index contributed by atoms with van der Waals surface area (Å²) in [6, 6.07) is 7.32. The fraction of sp³-hybridized carbons (Fsp3) is 0.806. The number of anilines is 1. The SMILES string of the molecule is CCCCCCCCCCCCCCCOCCOCCOCCOCCOCCOc1ccc(N)cc1. The lowest BCUT2D eigenvalue weighted by molar-refractivity contribution is -0.0128. The lowest BCUT2D eigenvalue weighted by atomic mass is 10.0. The Labute approximate surface area is 233 Å². The standard InChI is InChI=1S/C31H57NO6/c1-2-3-4-5-6-7-8-9-10-11-12-13-14-19-33-20-21-34-22-23-35-24-25-36-26-27-37-28-29-38-31-17-15-30(32)16-18-31/h15-18H,2-14,19-29,32H2,1H3. The highest BCUT2D eigenvalue weighted by atomic mass is 16.6. The summed E-state index contributed by atoms with van der Waals surface area (Å²) in [4.78, 5) is 0. The van der Waals surface area contributed by atoms with Gasteiger partial charge in [0.1, 0.15) is 12.4 Å². The summed E-state index contributed by atoms with van der Waals surface area (Å²) < 4.78 is 33.2. The number of ether oxygens (including phenoxy) is 6. The maximum absolute atomic E-state index is 5.66. The van der Waals surface area contributed by atoms with Crippen LogP contribution in [-0.2, 0) is 23.7 Å². The van der Waals surface area contributed by atoms with Crippen LogP contribution in [0.2, 0.25) is 0 Å². The van der Waals surface area contributed by atoms with Crippen LogP contribution >= 0.6 is 0 Å². The highest BCUT2D eigenvalue weighted by molar-refractivity contribution is 5.41. The second kappa shape index (κ2) is 28.6. The van der Waals surface area contributed by atoms with E-state index in [1.165, 1.54) is 77.0 Å². The van der Waals surface area contributed by atoms with Crippen LogP contribution in [0.3, 0.4) is 0 Å². The Kier molecular flexibility index (Phi) is 26.1. The number of unbranched alkanes of at least 4 members (excludes halogenated alkanes) is 12. The maximum Gasteiger partial charge on any atom is 0.119 e. The zero-order valence-electron chi connectivity index (χ0n) is 24.3. The Morgan fingerprint density at radius 3 is 1.18 bits per heavy atom. The van der Waals surface area contributed by atoms with Crippen molar-refractivity contribution in [2.45, 2.75) is 90.4 Å². The molecule has 0 aliphatic carbocycles. The van der Waals surface area contributed by atoms with Crippen molar-refractivity contribution < 1.29 is 28.4 Å². The van der Waals surface area contributed by atoms with Crippen molar-refractivity contribution in [1.29, 1.82) is 0 Å². The summed E-state index contributed by atoms with van der Waals surface area (Å²) in [6.07, 6.45) is 17.9. The van der Waals surface area contributed by atoms with Crippen LogP contribution in [0.5, 0.6) is 5.75 Å². The molecule has 222 valence electrons. The molecule has 0 spiro atoms. The van der Waals surface area contributed by atoms with E-state index in [1.54, 1.807) is 0 Å². The molecule has 0 aliphatic heterocycles. The number of nitrogens with two attached hydrogens (primary N) is 1. The number of hydrogen-bond acceptors (Lipinski definition) is 7. The summed E-state index contributed by atoms with van der Waals surface area (Å²) in [5.74, 6) is 0.790. The first-order valence-corrected chi connectivity index (χ1v) is 15.2. The van der Waals surface area contributed by atoms with Crippen molar-refractivity contribution in [1.82, 2.24) is 0 Å². The molecule has 0 amide bonds. The van der Waals surface area contributed by atoms with Gasteiger partial charge in [0.05, 0.1) is 59.5 Å². The van der Waals surface area contributed by atoms with Crippen LogP contribution in [0.4, 0.5) is 5.69 Å². The van der Waals surface area contributed by atoms with Crippen molar-refractivity contribution in [3.05, 3.63) is 24.3 Å². The maximum atomic E-state index is 5.66. The van der Waals surface area contributed by atoms with Gasteiger partial charge in [0.15, 0.2) is 0 Å². The highest BCUT2D eigenvalue weighted by Crippen LogP contribution is 2.13. The first-order valence-electron chi connectivity index (χ1n) is 15.2. The minimum Gasteiger partial charge on any atom is -0.491 e. The fourth-order valence-electron chi connectivity index (χ4n) is 3.99. The van der Waals surface area contributed by atoms with Crippen molar-refractivity contribution in [2.24, 2.45) is 0 Å². The zero-order valence-corrected chi connectivity index (χ0v) is 24.3. The number of benzene rings is 1. The van der Waals surface area contributed by atoms with Crippen LogP contribution in [0.1, 0.15) is 90.4 Å². The molecule has 0 aliphatic rings. The Bertz CT molecular complexity index is 586. The molecule has 1 aromatic carbocycles. The molecular weight excluding hydrogens is 482 g/mol. The van der Waals surface area contributed by atoms with Crippen LogP contribution in [-0.4, -0.2) is 72.7 Å². The molecule has 2 N–H and O–H groups in total. The first-order chi connectivity index (χ1) is 18.8. The van der Waals surface area contributed by atoms with Crippen LogP contribution in [0.25, 0.3) is 0 Å². The summed E-state index contributed by atoms with van der Waals surface area (Å²) in [6.45, 7) is 8.75. The van der Waals surface area contributed by atoms with E-state index in [-0.39, 0.29) is 0 Å². The third-order valence-corrected chi connectivity index (χ3v) is 6.26. The summed E-state index contributed by atoms with van der Waals surface area (Å²) in [5.41, 5.74) is 6.37. The summed E-state index contributed by atoms with van der Waals surface area (Å²) in [7, 11) is 0. The molecule has 0 atom stereocenters. The second-order valence-electron chi connectivity index (χ2n) is 9.72. The van der Waals surface area contributed by atoms with E-state index in [1.807, 2.05) is 24.3 Å². The number of rotatable bonds is 30. The Morgan fingerprint density at radius 2 is 0.763 bits per heavy atom. The molecule has 0 unspecified atom stereocenters. The average molecular weight is 540 g/mol. The first kappa shape index (κ1) is 34.6. The third-order valence-electron chi connectivity index (χ3n) is 6.26. The monoisotopic (exact) mass is 539 g/mol. The fourth-order valence-corrected chi connectivity index (χ4v) is 3.99. The van der Waals surface area contributed by atoms with Crippen LogP contribution in [0.15, 0.2) is 24.3 Å². The van der Waals surface area contributed by atoms with Gasteiger partial charge in [0.2, 0.25) is 0 Å². The predicted molar refractivity (Wildman–Crippen MR) is 156 cm³/mol. The van der Waals surface area contributed by atoms with Crippen molar-refractivity contribution in [3.63, 3.8) is 0 Å². The van der Waals surface area contributed by atoms with Gasteiger partial charge in [-0.3, -0.25) is 0 Å². The Morgan fingerprint density at radius 1 is 0.421 bits per heavy atom. The number of hydrogen-bond donors (Lipinski definition) is 1. The molecular formula is C31H57NO6. The lowest BCUT2D eigenvalue weighted by Gasteiger charge is -2.09. The normalized spacial score (nSPS) is 11.3. The summed E-state index contributed by atoms with van der Waals surface area (Å²) in [5, 5.41) is 0. The highest BCUT2D eigenvalue weighted by Gasteiger charge is 1.97. The van der Waals surface area contributed by atoms with E-state index in [0.717, 1.165) is 24.5 Å². The van der Waals surface area contributed by atoms with Crippen LogP contribution in [0, 0.1) is 0 Å². The molecule has 1 aromatic rings. The van der Waals surface area contributed by atoms with Gasteiger partial charge in [-0.15, -0.1) is 0 Å². The second-order valence-corrected chi connectivity index (χ2v) is 9.72. The molecule has 0 fully saturated rings. The van der Waals surface area contributed by atoms with Gasteiger partial charge in [-0.1, -0.05) is 84.0 Å².